The van der Waals surface area contributed by atoms with Crippen molar-refractivity contribution in [2.24, 2.45) is 0 Å². The highest BCUT2D eigenvalue weighted by Gasteiger charge is 2.46. The zero-order valence-electron chi connectivity index (χ0n) is 18.5. The number of ketones is 1. The number of carbonyl (C=O) groups is 2. The van der Waals surface area contributed by atoms with E-state index in [1.165, 1.54) is 35.5 Å². The van der Waals surface area contributed by atoms with Crippen molar-refractivity contribution in [3.8, 4) is 17.2 Å². The molecule has 1 aromatic heterocycles. The molecule has 9 heteroatoms. The van der Waals surface area contributed by atoms with Crippen molar-refractivity contribution in [2.75, 3.05) is 27.4 Å². The second-order valence-corrected chi connectivity index (χ2v) is 8.36. The number of nitrogens with zero attached hydrogens (tertiary/aromatic N) is 1. The van der Waals surface area contributed by atoms with Crippen LogP contribution in [0.3, 0.4) is 0 Å². The number of carbonyl (C=O) groups excluding carboxylic acids is 2. The highest BCUT2D eigenvalue weighted by molar-refractivity contribution is 7.10. The third-order valence-electron chi connectivity index (χ3n) is 5.43. The van der Waals surface area contributed by atoms with Gasteiger partial charge in [-0.3, -0.25) is 9.59 Å². The minimum atomic E-state index is -0.855. The van der Waals surface area contributed by atoms with Gasteiger partial charge in [-0.25, -0.2) is 4.39 Å². The molecule has 1 saturated heterocycles. The van der Waals surface area contributed by atoms with E-state index < -0.39 is 29.3 Å². The number of ether oxygens (including phenoxy) is 3. The Labute approximate surface area is 199 Å². The fourth-order valence-electron chi connectivity index (χ4n) is 3.80. The Balaban J connectivity index is 1.66. The number of Topliss-reactive ketones (excluding diaryl/α,β-unsaturated/α-hetero) is 1. The van der Waals surface area contributed by atoms with Crippen molar-refractivity contribution in [2.45, 2.75) is 6.04 Å². The van der Waals surface area contributed by atoms with Gasteiger partial charge in [-0.2, -0.15) is 0 Å². The first kappa shape index (κ1) is 23.3. The predicted molar refractivity (Wildman–Crippen MR) is 125 cm³/mol. The van der Waals surface area contributed by atoms with Crippen LogP contribution in [0.1, 0.15) is 16.5 Å². The number of thiophene rings is 1. The third-order valence-corrected chi connectivity index (χ3v) is 6.35. The average Bonchev–Trinajstić information content (AvgIpc) is 3.46. The number of hydrogen-bond acceptors (Lipinski definition) is 7. The number of halogens is 1. The van der Waals surface area contributed by atoms with E-state index in [9.17, 15) is 19.1 Å². The Morgan fingerprint density at radius 2 is 1.79 bits per heavy atom. The van der Waals surface area contributed by atoms with Gasteiger partial charge < -0.3 is 24.2 Å². The normalized spacial score (nSPS) is 17.1. The smallest absolute Gasteiger partial charge is 0.295 e. The molecule has 1 N–H and O–H groups in total. The zero-order chi connectivity index (χ0) is 24.2. The van der Waals surface area contributed by atoms with E-state index in [1.54, 1.807) is 43.5 Å². The van der Waals surface area contributed by atoms with E-state index >= 15 is 0 Å². The molecular weight excluding hydrogens is 461 g/mol. The van der Waals surface area contributed by atoms with E-state index in [0.717, 1.165) is 6.07 Å². The van der Waals surface area contributed by atoms with E-state index in [2.05, 4.69) is 0 Å². The molecule has 0 bridgehead atoms. The lowest BCUT2D eigenvalue weighted by atomic mass is 9.99. The molecule has 0 saturated carbocycles. The van der Waals surface area contributed by atoms with Crippen LogP contribution in [0.2, 0.25) is 0 Å². The van der Waals surface area contributed by atoms with Gasteiger partial charge in [0.1, 0.15) is 35.4 Å². The Hall–Kier alpha value is -3.85. The van der Waals surface area contributed by atoms with E-state index in [0.29, 0.717) is 16.4 Å². The summed E-state index contributed by atoms with van der Waals surface area (Å²) in [6, 6.07) is 13.3. The summed E-state index contributed by atoms with van der Waals surface area (Å²) in [6.45, 7) is 0.209. The molecule has 1 unspecified atom stereocenters. The number of rotatable bonds is 8. The molecule has 0 spiro atoms. The minimum absolute atomic E-state index is 0.00320. The van der Waals surface area contributed by atoms with Gasteiger partial charge in [0.15, 0.2) is 0 Å². The number of benzene rings is 2. The second-order valence-electron chi connectivity index (χ2n) is 7.38. The van der Waals surface area contributed by atoms with Gasteiger partial charge in [0.2, 0.25) is 0 Å². The number of hydrogen-bond donors (Lipinski definition) is 1. The van der Waals surface area contributed by atoms with E-state index in [-0.39, 0.29) is 30.0 Å². The molecule has 0 radical (unpaired) electrons. The van der Waals surface area contributed by atoms with Gasteiger partial charge in [-0.15, -0.1) is 11.3 Å². The first-order valence-electron chi connectivity index (χ1n) is 10.4. The van der Waals surface area contributed by atoms with Crippen LogP contribution in [-0.4, -0.2) is 49.1 Å². The molecule has 2 aromatic carbocycles. The van der Waals surface area contributed by atoms with Gasteiger partial charge in [0.05, 0.1) is 37.9 Å². The largest absolute Gasteiger partial charge is 0.507 e. The molecule has 34 heavy (non-hydrogen) atoms. The molecular formula is C25H22FNO6S. The maximum atomic E-state index is 14.0. The van der Waals surface area contributed by atoms with Crippen LogP contribution in [0.4, 0.5) is 4.39 Å². The summed E-state index contributed by atoms with van der Waals surface area (Å²) in [4.78, 5) is 28.0. The van der Waals surface area contributed by atoms with Gasteiger partial charge in [0, 0.05) is 4.88 Å². The topological polar surface area (TPSA) is 85.3 Å². The number of likely N-dealkylation sites (tertiary alicyclic amines) is 1. The minimum Gasteiger partial charge on any atom is -0.507 e. The Morgan fingerprint density at radius 3 is 2.44 bits per heavy atom. The zero-order valence-corrected chi connectivity index (χ0v) is 19.3. The van der Waals surface area contributed by atoms with Crippen molar-refractivity contribution < 1.29 is 33.3 Å². The Morgan fingerprint density at radius 1 is 1.06 bits per heavy atom. The molecule has 3 aromatic rings. The van der Waals surface area contributed by atoms with Crippen LogP contribution in [0.15, 0.2) is 65.6 Å². The molecule has 4 rings (SSSR count). The fourth-order valence-corrected chi connectivity index (χ4v) is 4.64. The second kappa shape index (κ2) is 9.96. The molecule has 7 nitrogen and oxygen atoms in total. The first-order chi connectivity index (χ1) is 16.4. The van der Waals surface area contributed by atoms with Crippen molar-refractivity contribution in [3.05, 3.63) is 81.8 Å². The van der Waals surface area contributed by atoms with Gasteiger partial charge in [-0.1, -0.05) is 6.07 Å². The van der Waals surface area contributed by atoms with Crippen molar-refractivity contribution >= 4 is 28.8 Å². The molecule has 176 valence electrons. The van der Waals surface area contributed by atoms with E-state index in [4.69, 9.17) is 14.2 Å². The number of amides is 1. The van der Waals surface area contributed by atoms with E-state index in [1.807, 2.05) is 5.38 Å². The van der Waals surface area contributed by atoms with Crippen molar-refractivity contribution in [3.63, 3.8) is 0 Å². The third kappa shape index (κ3) is 4.47. The summed E-state index contributed by atoms with van der Waals surface area (Å²) in [5.41, 5.74) is -0.127. The van der Waals surface area contributed by atoms with Gasteiger partial charge in [-0.05, 0) is 53.9 Å². The lowest BCUT2D eigenvalue weighted by molar-refractivity contribution is -0.140. The summed E-state index contributed by atoms with van der Waals surface area (Å²) in [5, 5.41) is 12.9. The average molecular weight is 484 g/mol. The monoisotopic (exact) mass is 483 g/mol. The molecule has 1 atom stereocenters. The highest BCUT2D eigenvalue weighted by Crippen LogP contribution is 2.42. The summed E-state index contributed by atoms with van der Waals surface area (Å²) in [6.07, 6.45) is 0. The van der Waals surface area contributed by atoms with Crippen LogP contribution < -0.4 is 14.2 Å². The Kier molecular flexibility index (Phi) is 6.83. The maximum absolute atomic E-state index is 14.0. The summed E-state index contributed by atoms with van der Waals surface area (Å²) < 4.78 is 30.1. The number of aliphatic hydroxyl groups is 1. The van der Waals surface area contributed by atoms with Crippen molar-refractivity contribution in [1.29, 1.82) is 0 Å². The highest BCUT2D eigenvalue weighted by atomic mass is 32.1. The predicted octanol–water partition coefficient (Wildman–Crippen LogP) is 4.41. The molecule has 0 aliphatic carbocycles. The molecule has 2 heterocycles. The van der Waals surface area contributed by atoms with Gasteiger partial charge in [0.25, 0.3) is 11.7 Å². The lowest BCUT2D eigenvalue weighted by Gasteiger charge is -2.24. The molecule has 1 aliphatic heterocycles. The van der Waals surface area contributed by atoms with Crippen LogP contribution in [0.5, 0.6) is 17.2 Å². The standard InChI is InChI=1S/C25H22FNO6S/c1-31-16-6-8-17(9-7-16)33-12-11-27-22(20-4-3-13-34-20)21(24(29)25(27)30)23(28)18-14-15(26)5-10-19(18)32-2/h3-10,13-14,22,28H,11-12H2,1-2H3/b23-21-. The number of methoxy groups -OCH3 is 2. The summed E-state index contributed by atoms with van der Waals surface area (Å²) in [5.74, 6) is -1.29. The SMILES string of the molecule is COc1ccc(OCCN2C(=O)C(=O)/C(=C(\O)c3cc(F)ccc3OC)C2c2cccs2)cc1. The fraction of sp³-hybridized carbons (Fsp3) is 0.200. The summed E-state index contributed by atoms with van der Waals surface area (Å²) in [7, 11) is 2.94. The number of aliphatic hydroxyl groups excluding tert-OH is 1. The quantitative estimate of drug-likeness (QED) is 0.290. The van der Waals surface area contributed by atoms with Gasteiger partial charge >= 0.3 is 0 Å². The lowest BCUT2D eigenvalue weighted by Crippen LogP contribution is -2.33. The van der Waals surface area contributed by atoms with Crippen LogP contribution in [0.25, 0.3) is 5.76 Å². The first-order valence-corrected chi connectivity index (χ1v) is 11.2. The molecule has 1 amide bonds. The Bertz CT molecular complexity index is 1220. The van der Waals surface area contributed by atoms with Crippen LogP contribution in [-0.2, 0) is 9.59 Å². The molecule has 1 fully saturated rings. The maximum Gasteiger partial charge on any atom is 0.295 e. The summed E-state index contributed by atoms with van der Waals surface area (Å²) >= 11 is 1.34. The van der Waals surface area contributed by atoms with Crippen LogP contribution >= 0.6 is 11.3 Å². The van der Waals surface area contributed by atoms with Crippen LogP contribution in [0, 0.1) is 5.82 Å². The van der Waals surface area contributed by atoms with Crippen molar-refractivity contribution in [1.82, 2.24) is 4.90 Å². The molecule has 1 aliphatic rings.